The molecular weight excluding hydrogens is 306 g/mol. The number of aromatic nitrogens is 1. The average molecular weight is 321 g/mol. The van der Waals surface area contributed by atoms with Crippen LogP contribution in [0.5, 0.6) is 0 Å². The Bertz CT molecular complexity index is 739. The van der Waals surface area contributed by atoms with Crippen molar-refractivity contribution in [3.05, 3.63) is 53.9 Å². The molecule has 0 fully saturated rings. The summed E-state index contributed by atoms with van der Waals surface area (Å²) < 4.78 is 22.7. The number of nitrogens with zero attached hydrogens (tertiary/aromatic N) is 1. The number of thiocarbonyl (C=S) groups is 1. The molecule has 5 nitrogen and oxygen atoms in total. The number of pyridine rings is 1. The van der Waals surface area contributed by atoms with E-state index in [0.29, 0.717) is 17.1 Å². The van der Waals surface area contributed by atoms with Gasteiger partial charge in [0.05, 0.1) is 22.5 Å². The van der Waals surface area contributed by atoms with Gasteiger partial charge in [-0.05, 0) is 29.8 Å². The van der Waals surface area contributed by atoms with Crippen molar-refractivity contribution in [1.29, 1.82) is 0 Å². The number of rotatable bonds is 5. The molecule has 1 aromatic heterocycles. The highest BCUT2D eigenvalue weighted by atomic mass is 32.2. The Hall–Kier alpha value is -1.99. The number of benzene rings is 1. The SMILES string of the molecule is CS(=O)(=O)c1ccc(CNc2ccc(C(N)=S)nc2)cc1. The van der Waals surface area contributed by atoms with Crippen LogP contribution >= 0.6 is 12.2 Å². The summed E-state index contributed by atoms with van der Waals surface area (Å²) in [6.45, 7) is 0.568. The van der Waals surface area contributed by atoms with Gasteiger partial charge in [-0.1, -0.05) is 24.4 Å². The molecule has 0 atom stereocenters. The molecule has 110 valence electrons. The van der Waals surface area contributed by atoms with Gasteiger partial charge in [0.25, 0.3) is 0 Å². The van der Waals surface area contributed by atoms with Crippen molar-refractivity contribution in [3.8, 4) is 0 Å². The topological polar surface area (TPSA) is 85.1 Å². The summed E-state index contributed by atoms with van der Waals surface area (Å²) in [6, 6.07) is 10.3. The van der Waals surface area contributed by atoms with E-state index in [4.69, 9.17) is 18.0 Å². The number of nitrogens with two attached hydrogens (primary N) is 1. The lowest BCUT2D eigenvalue weighted by Crippen LogP contribution is -2.11. The van der Waals surface area contributed by atoms with Crippen molar-refractivity contribution in [3.63, 3.8) is 0 Å². The zero-order valence-electron chi connectivity index (χ0n) is 11.4. The van der Waals surface area contributed by atoms with E-state index in [-0.39, 0.29) is 4.99 Å². The number of hydrogen-bond acceptors (Lipinski definition) is 5. The fraction of sp³-hybridized carbons (Fsp3) is 0.143. The summed E-state index contributed by atoms with van der Waals surface area (Å²) in [5.41, 5.74) is 7.86. The Labute approximate surface area is 129 Å². The van der Waals surface area contributed by atoms with Crippen molar-refractivity contribution in [2.75, 3.05) is 11.6 Å². The van der Waals surface area contributed by atoms with Crippen molar-refractivity contribution in [1.82, 2.24) is 4.98 Å². The van der Waals surface area contributed by atoms with E-state index in [1.807, 2.05) is 6.07 Å². The van der Waals surface area contributed by atoms with Gasteiger partial charge in [-0.25, -0.2) is 8.42 Å². The first kappa shape index (κ1) is 15.4. The first-order chi connectivity index (χ1) is 9.86. The molecule has 0 aliphatic carbocycles. The van der Waals surface area contributed by atoms with Gasteiger partial charge in [0.15, 0.2) is 9.84 Å². The van der Waals surface area contributed by atoms with Crippen LogP contribution in [0.15, 0.2) is 47.5 Å². The molecule has 0 spiro atoms. The van der Waals surface area contributed by atoms with Gasteiger partial charge in [0.1, 0.15) is 4.99 Å². The molecule has 2 aromatic rings. The van der Waals surface area contributed by atoms with Crippen LogP contribution in [-0.2, 0) is 16.4 Å². The summed E-state index contributed by atoms with van der Waals surface area (Å²) in [6.07, 6.45) is 2.84. The van der Waals surface area contributed by atoms with Gasteiger partial charge in [-0.2, -0.15) is 0 Å². The van der Waals surface area contributed by atoms with E-state index in [2.05, 4.69) is 10.3 Å². The Morgan fingerprint density at radius 2 is 1.90 bits per heavy atom. The molecule has 0 saturated carbocycles. The van der Waals surface area contributed by atoms with Crippen molar-refractivity contribution in [2.24, 2.45) is 5.73 Å². The van der Waals surface area contributed by atoms with Crippen LogP contribution in [-0.4, -0.2) is 24.6 Å². The lowest BCUT2D eigenvalue weighted by atomic mass is 10.2. The molecule has 7 heteroatoms. The molecule has 2 rings (SSSR count). The van der Waals surface area contributed by atoms with E-state index in [1.54, 1.807) is 36.5 Å². The van der Waals surface area contributed by atoms with E-state index in [0.717, 1.165) is 11.3 Å². The second-order valence-electron chi connectivity index (χ2n) is 4.57. The molecule has 0 aliphatic heterocycles. The maximum atomic E-state index is 11.4. The van der Waals surface area contributed by atoms with E-state index in [1.165, 1.54) is 6.26 Å². The molecule has 0 radical (unpaired) electrons. The fourth-order valence-corrected chi connectivity index (χ4v) is 2.45. The quantitative estimate of drug-likeness (QED) is 0.816. The van der Waals surface area contributed by atoms with Gasteiger partial charge in [-0.3, -0.25) is 4.98 Å². The molecule has 1 heterocycles. The minimum Gasteiger partial charge on any atom is -0.388 e. The van der Waals surface area contributed by atoms with Crippen LogP contribution in [0.1, 0.15) is 11.3 Å². The Morgan fingerprint density at radius 3 is 2.38 bits per heavy atom. The zero-order chi connectivity index (χ0) is 15.5. The van der Waals surface area contributed by atoms with E-state index in [9.17, 15) is 8.42 Å². The van der Waals surface area contributed by atoms with Gasteiger partial charge < -0.3 is 11.1 Å². The van der Waals surface area contributed by atoms with Crippen LogP contribution in [0.4, 0.5) is 5.69 Å². The number of hydrogen-bond donors (Lipinski definition) is 2. The minimum atomic E-state index is -3.15. The third-order valence-electron chi connectivity index (χ3n) is 2.86. The summed E-state index contributed by atoms with van der Waals surface area (Å²) in [5, 5.41) is 3.19. The first-order valence-corrected chi connectivity index (χ1v) is 8.45. The monoisotopic (exact) mass is 321 g/mol. The standard InChI is InChI=1S/C14H15N3O2S2/c1-21(18,19)12-5-2-10(3-6-12)8-16-11-4-7-13(14(15)20)17-9-11/h2-7,9,16H,8H2,1H3,(H2,15,20). The maximum absolute atomic E-state index is 11.4. The van der Waals surface area contributed by atoms with Crippen LogP contribution in [0.3, 0.4) is 0 Å². The molecule has 21 heavy (non-hydrogen) atoms. The van der Waals surface area contributed by atoms with Gasteiger partial charge in [0, 0.05) is 12.8 Å². The molecule has 0 bridgehead atoms. The van der Waals surface area contributed by atoms with Crippen molar-refractivity contribution in [2.45, 2.75) is 11.4 Å². The normalized spacial score (nSPS) is 11.1. The summed E-state index contributed by atoms with van der Waals surface area (Å²) in [7, 11) is -3.15. The lowest BCUT2D eigenvalue weighted by Gasteiger charge is -2.07. The van der Waals surface area contributed by atoms with Crippen LogP contribution in [0.25, 0.3) is 0 Å². The molecule has 0 aliphatic rings. The molecule has 0 saturated heterocycles. The van der Waals surface area contributed by atoms with Crippen molar-refractivity contribution >= 4 is 32.7 Å². The van der Waals surface area contributed by atoms with Gasteiger partial charge in [-0.15, -0.1) is 0 Å². The van der Waals surface area contributed by atoms with E-state index >= 15 is 0 Å². The van der Waals surface area contributed by atoms with Crippen LogP contribution in [0.2, 0.25) is 0 Å². The lowest BCUT2D eigenvalue weighted by molar-refractivity contribution is 0.602. The predicted molar refractivity (Wildman–Crippen MR) is 87.0 cm³/mol. The number of nitrogens with one attached hydrogen (secondary N) is 1. The largest absolute Gasteiger partial charge is 0.388 e. The highest BCUT2D eigenvalue weighted by Gasteiger charge is 2.06. The van der Waals surface area contributed by atoms with Gasteiger partial charge in [0.2, 0.25) is 0 Å². The van der Waals surface area contributed by atoms with E-state index < -0.39 is 9.84 Å². The minimum absolute atomic E-state index is 0.262. The second kappa shape index (κ2) is 6.19. The average Bonchev–Trinajstić information content (AvgIpc) is 2.45. The zero-order valence-corrected chi connectivity index (χ0v) is 13.0. The second-order valence-corrected chi connectivity index (χ2v) is 7.02. The van der Waals surface area contributed by atoms with Crippen LogP contribution in [0, 0.1) is 0 Å². The predicted octanol–water partition coefficient (Wildman–Crippen LogP) is 1.73. The third-order valence-corrected chi connectivity index (χ3v) is 4.20. The summed E-state index contributed by atoms with van der Waals surface area (Å²) >= 11 is 4.83. The van der Waals surface area contributed by atoms with Crippen molar-refractivity contribution < 1.29 is 8.42 Å². The molecular formula is C14H15N3O2S2. The molecule has 3 N–H and O–H groups in total. The highest BCUT2D eigenvalue weighted by Crippen LogP contribution is 2.12. The number of sulfone groups is 1. The Morgan fingerprint density at radius 1 is 1.24 bits per heavy atom. The Kier molecular flexibility index (Phi) is 4.54. The smallest absolute Gasteiger partial charge is 0.175 e. The number of anilines is 1. The maximum Gasteiger partial charge on any atom is 0.175 e. The molecule has 0 amide bonds. The Balaban J connectivity index is 2.01. The highest BCUT2D eigenvalue weighted by molar-refractivity contribution is 7.90. The third kappa shape index (κ3) is 4.24. The molecule has 1 aromatic carbocycles. The fourth-order valence-electron chi connectivity index (χ4n) is 1.70. The van der Waals surface area contributed by atoms with Gasteiger partial charge >= 0.3 is 0 Å². The van der Waals surface area contributed by atoms with Crippen LogP contribution < -0.4 is 11.1 Å². The molecule has 0 unspecified atom stereocenters. The first-order valence-electron chi connectivity index (χ1n) is 6.15. The summed E-state index contributed by atoms with van der Waals surface area (Å²) in [5.74, 6) is 0. The summed E-state index contributed by atoms with van der Waals surface area (Å²) in [4.78, 5) is 4.70.